The number of rotatable bonds is 4. The Labute approximate surface area is 139 Å². The Morgan fingerprint density at radius 3 is 2.29 bits per heavy atom. The molecule has 1 aliphatic heterocycles. The monoisotopic (exact) mass is 326 g/mol. The minimum Gasteiger partial charge on any atom is -0.451 e. The van der Waals surface area contributed by atoms with Crippen LogP contribution in [0.2, 0.25) is 0 Å². The molecule has 2 aromatic rings. The molecule has 0 unspecified atom stereocenters. The normalized spacial score (nSPS) is 14.3. The number of carbonyl (C=O) groups is 2. The molecule has 0 saturated carbocycles. The molecular formula is C17H18N4O3. The molecule has 0 radical (unpaired) electrons. The van der Waals surface area contributed by atoms with Crippen LogP contribution in [-0.2, 0) is 9.53 Å². The van der Waals surface area contributed by atoms with E-state index < -0.39 is 5.97 Å². The van der Waals surface area contributed by atoms with E-state index in [9.17, 15) is 9.59 Å². The van der Waals surface area contributed by atoms with Crippen LogP contribution >= 0.6 is 0 Å². The van der Waals surface area contributed by atoms with Gasteiger partial charge in [-0.1, -0.05) is 12.1 Å². The largest absolute Gasteiger partial charge is 0.451 e. The lowest BCUT2D eigenvalue weighted by atomic mass is 10.3. The van der Waals surface area contributed by atoms with Gasteiger partial charge in [0, 0.05) is 38.6 Å². The third kappa shape index (κ3) is 3.87. The fourth-order valence-corrected chi connectivity index (χ4v) is 2.50. The maximum atomic E-state index is 12.2. The molecule has 3 rings (SSSR count). The molecule has 3 heterocycles. The van der Waals surface area contributed by atoms with E-state index in [0.717, 1.165) is 5.82 Å². The van der Waals surface area contributed by atoms with Crippen molar-refractivity contribution in [2.75, 3.05) is 37.7 Å². The highest BCUT2D eigenvalue weighted by atomic mass is 16.5. The molecule has 124 valence electrons. The van der Waals surface area contributed by atoms with Crippen molar-refractivity contribution in [3.8, 4) is 0 Å². The van der Waals surface area contributed by atoms with Crippen molar-refractivity contribution in [1.29, 1.82) is 0 Å². The second-order valence-corrected chi connectivity index (χ2v) is 5.35. The predicted molar refractivity (Wildman–Crippen MR) is 87.5 cm³/mol. The first kappa shape index (κ1) is 15.9. The highest BCUT2D eigenvalue weighted by molar-refractivity contribution is 5.89. The van der Waals surface area contributed by atoms with Gasteiger partial charge in [-0.25, -0.2) is 14.8 Å². The van der Waals surface area contributed by atoms with Crippen molar-refractivity contribution >= 4 is 17.7 Å². The summed E-state index contributed by atoms with van der Waals surface area (Å²) < 4.78 is 5.04. The van der Waals surface area contributed by atoms with Gasteiger partial charge in [-0.3, -0.25) is 4.79 Å². The molecule has 1 amide bonds. The average molecular weight is 326 g/mol. The van der Waals surface area contributed by atoms with Crippen LogP contribution < -0.4 is 4.90 Å². The zero-order valence-electron chi connectivity index (χ0n) is 13.2. The Hall–Kier alpha value is -2.96. The van der Waals surface area contributed by atoms with Crippen LogP contribution in [0.1, 0.15) is 10.5 Å². The SMILES string of the molecule is O=C(OCC(=O)N1CCN(c2ccccn2)CC1)c1ccccn1. The lowest BCUT2D eigenvalue weighted by Crippen LogP contribution is -2.50. The number of anilines is 1. The van der Waals surface area contributed by atoms with Gasteiger partial charge in [0.1, 0.15) is 11.5 Å². The highest BCUT2D eigenvalue weighted by Gasteiger charge is 2.22. The minimum atomic E-state index is -0.587. The second-order valence-electron chi connectivity index (χ2n) is 5.35. The van der Waals surface area contributed by atoms with E-state index in [4.69, 9.17) is 4.74 Å². The van der Waals surface area contributed by atoms with Gasteiger partial charge < -0.3 is 14.5 Å². The van der Waals surface area contributed by atoms with Crippen molar-refractivity contribution in [1.82, 2.24) is 14.9 Å². The topological polar surface area (TPSA) is 75.6 Å². The minimum absolute atomic E-state index is 0.194. The van der Waals surface area contributed by atoms with Gasteiger partial charge in [0.25, 0.3) is 5.91 Å². The molecule has 1 fully saturated rings. The molecule has 0 atom stereocenters. The number of ether oxygens (including phenoxy) is 1. The van der Waals surface area contributed by atoms with Crippen molar-refractivity contribution in [3.63, 3.8) is 0 Å². The van der Waals surface area contributed by atoms with Crippen molar-refractivity contribution in [2.45, 2.75) is 0 Å². The summed E-state index contributed by atoms with van der Waals surface area (Å²) in [5.41, 5.74) is 0.199. The van der Waals surface area contributed by atoms with Crippen LogP contribution in [0.5, 0.6) is 0 Å². The zero-order valence-corrected chi connectivity index (χ0v) is 13.2. The van der Waals surface area contributed by atoms with Gasteiger partial charge in [-0.05, 0) is 24.3 Å². The number of hydrogen-bond donors (Lipinski definition) is 0. The van der Waals surface area contributed by atoms with Crippen molar-refractivity contribution < 1.29 is 14.3 Å². The van der Waals surface area contributed by atoms with E-state index in [1.807, 2.05) is 18.2 Å². The molecule has 7 nitrogen and oxygen atoms in total. The van der Waals surface area contributed by atoms with E-state index in [2.05, 4.69) is 14.9 Å². The van der Waals surface area contributed by atoms with Gasteiger partial charge in [0.15, 0.2) is 6.61 Å². The average Bonchev–Trinajstić information content (AvgIpc) is 2.67. The molecule has 24 heavy (non-hydrogen) atoms. The Bertz CT molecular complexity index is 685. The Morgan fingerprint density at radius 1 is 0.958 bits per heavy atom. The summed E-state index contributed by atoms with van der Waals surface area (Å²) in [5, 5.41) is 0. The maximum absolute atomic E-state index is 12.2. The number of esters is 1. The second kappa shape index (κ2) is 7.54. The summed E-state index contributed by atoms with van der Waals surface area (Å²) in [6.07, 6.45) is 3.26. The molecule has 0 N–H and O–H groups in total. The van der Waals surface area contributed by atoms with Gasteiger partial charge in [-0.15, -0.1) is 0 Å². The lowest BCUT2D eigenvalue weighted by molar-refractivity contribution is -0.134. The zero-order chi connectivity index (χ0) is 16.8. The third-order valence-electron chi connectivity index (χ3n) is 3.81. The summed E-state index contributed by atoms with van der Waals surface area (Å²) in [6, 6.07) is 10.7. The number of nitrogens with zero attached hydrogens (tertiary/aromatic N) is 4. The summed E-state index contributed by atoms with van der Waals surface area (Å²) in [5.74, 6) is 0.127. The molecule has 0 aromatic carbocycles. The molecular weight excluding hydrogens is 308 g/mol. The first-order valence-corrected chi connectivity index (χ1v) is 7.76. The van der Waals surface area contributed by atoms with Gasteiger partial charge in [0.2, 0.25) is 0 Å². The molecule has 0 bridgehead atoms. The number of piperazine rings is 1. The van der Waals surface area contributed by atoms with Crippen LogP contribution in [0.3, 0.4) is 0 Å². The maximum Gasteiger partial charge on any atom is 0.357 e. The summed E-state index contributed by atoms with van der Waals surface area (Å²) in [7, 11) is 0. The van der Waals surface area contributed by atoms with Crippen LogP contribution in [0.15, 0.2) is 48.8 Å². The number of aromatic nitrogens is 2. The molecule has 1 saturated heterocycles. The van der Waals surface area contributed by atoms with Crippen LogP contribution in [0, 0.1) is 0 Å². The van der Waals surface area contributed by atoms with E-state index in [1.165, 1.54) is 6.20 Å². The first-order chi connectivity index (χ1) is 11.7. The number of carbonyl (C=O) groups excluding carboxylic acids is 2. The lowest BCUT2D eigenvalue weighted by Gasteiger charge is -2.35. The third-order valence-corrected chi connectivity index (χ3v) is 3.81. The highest BCUT2D eigenvalue weighted by Crippen LogP contribution is 2.12. The van der Waals surface area contributed by atoms with Gasteiger partial charge >= 0.3 is 5.97 Å². The van der Waals surface area contributed by atoms with Crippen LogP contribution in [0.4, 0.5) is 5.82 Å². The Balaban J connectivity index is 1.46. The molecule has 0 spiro atoms. The van der Waals surface area contributed by atoms with E-state index in [-0.39, 0.29) is 18.2 Å². The number of amides is 1. The number of pyridine rings is 2. The summed E-state index contributed by atoms with van der Waals surface area (Å²) >= 11 is 0. The first-order valence-electron chi connectivity index (χ1n) is 7.76. The van der Waals surface area contributed by atoms with Gasteiger partial charge in [-0.2, -0.15) is 0 Å². The standard InChI is InChI=1S/C17H18N4O3/c22-16(13-24-17(23)14-5-1-3-7-18-14)21-11-9-20(10-12-21)15-6-2-4-8-19-15/h1-8H,9-13H2. The van der Waals surface area contributed by atoms with Crippen molar-refractivity contribution in [3.05, 3.63) is 54.5 Å². The fraction of sp³-hybridized carbons (Fsp3) is 0.294. The number of hydrogen-bond acceptors (Lipinski definition) is 6. The van der Waals surface area contributed by atoms with Crippen LogP contribution in [-0.4, -0.2) is 59.5 Å². The fourth-order valence-electron chi connectivity index (χ4n) is 2.50. The smallest absolute Gasteiger partial charge is 0.357 e. The van der Waals surface area contributed by atoms with E-state index >= 15 is 0 Å². The van der Waals surface area contributed by atoms with Crippen LogP contribution in [0.25, 0.3) is 0 Å². The predicted octanol–water partition coefficient (Wildman–Crippen LogP) is 0.982. The van der Waals surface area contributed by atoms with E-state index in [0.29, 0.717) is 26.2 Å². The molecule has 1 aliphatic rings. The van der Waals surface area contributed by atoms with Gasteiger partial charge in [0.05, 0.1) is 0 Å². The molecule has 7 heteroatoms. The van der Waals surface area contributed by atoms with E-state index in [1.54, 1.807) is 29.3 Å². The summed E-state index contributed by atoms with van der Waals surface area (Å²) in [4.78, 5) is 36.0. The quantitative estimate of drug-likeness (QED) is 0.780. The molecule has 2 aromatic heterocycles. The summed E-state index contributed by atoms with van der Waals surface area (Å²) in [6.45, 7) is 2.31. The molecule has 0 aliphatic carbocycles. The van der Waals surface area contributed by atoms with Crippen molar-refractivity contribution in [2.24, 2.45) is 0 Å². The Morgan fingerprint density at radius 2 is 1.67 bits per heavy atom. The Kier molecular flexibility index (Phi) is 5.00.